The molecule has 0 atom stereocenters. The largest absolute Gasteiger partial charge is 0.412 e. The Bertz CT molecular complexity index is 94.3. The van der Waals surface area contributed by atoms with Crippen LogP contribution in [0.15, 0.2) is 0 Å². The van der Waals surface area contributed by atoms with Gasteiger partial charge < -0.3 is 65.7 Å². The summed E-state index contributed by atoms with van der Waals surface area (Å²) in [6, 6.07) is 0. The Morgan fingerprint density at radius 3 is 0.444 bits per heavy atom. The van der Waals surface area contributed by atoms with E-state index >= 15 is 0 Å². The first-order chi connectivity index (χ1) is 2.00. The van der Waals surface area contributed by atoms with Crippen molar-refractivity contribution in [2.45, 2.75) is 0 Å². The summed E-state index contributed by atoms with van der Waals surface area (Å²) in [5.41, 5.74) is 0. The van der Waals surface area contributed by atoms with Crippen molar-refractivity contribution in [1.82, 2.24) is 0 Å². The molecule has 0 rings (SSSR count). The molecule has 0 aliphatic heterocycles. The van der Waals surface area contributed by atoms with Crippen LogP contribution in [0.4, 0.5) is 0 Å². The molecule has 0 aromatic rings. The zero-order valence-corrected chi connectivity index (χ0v) is 10.6. The van der Waals surface area contributed by atoms with E-state index in [4.69, 9.17) is 17.5 Å². The van der Waals surface area contributed by atoms with Gasteiger partial charge in [0.1, 0.15) is 0 Å². The fourth-order valence-electron chi connectivity index (χ4n) is 0. The standard InChI is InChI=1S/Cr.H2O4S.12H2O/c;1-5(2,3)4;;;;;;;;;;;;/h;(H2,1,2,3,4);12*1H2. The van der Waals surface area contributed by atoms with Crippen LogP contribution in [0.5, 0.6) is 0 Å². The quantitative estimate of drug-likeness (QED) is 0.394. The predicted octanol–water partition coefficient (Wildman–Crippen LogP) is -10.6. The van der Waals surface area contributed by atoms with E-state index in [-0.39, 0.29) is 83.1 Å². The summed E-state index contributed by atoms with van der Waals surface area (Å²) in [7, 11) is -4.67. The Kier molecular flexibility index (Phi) is 2270. The number of hydrogen-bond donors (Lipinski definition) is 2. The van der Waals surface area contributed by atoms with Gasteiger partial charge in [-0.15, -0.1) is 0 Å². The smallest absolute Gasteiger partial charge is 0.394 e. The Morgan fingerprint density at radius 2 is 0.444 bits per heavy atom. The second-order valence-electron chi connectivity index (χ2n) is 0.448. The first-order valence-electron chi connectivity index (χ1n) is 0.698. The van der Waals surface area contributed by atoms with Crippen LogP contribution in [-0.2, 0) is 27.8 Å². The van der Waals surface area contributed by atoms with E-state index in [1.807, 2.05) is 0 Å². The summed E-state index contributed by atoms with van der Waals surface area (Å²) in [5.74, 6) is 0. The van der Waals surface area contributed by atoms with E-state index in [0.29, 0.717) is 0 Å². The number of hydrogen-bond acceptors (Lipinski definition) is 2. The Labute approximate surface area is 112 Å². The second-order valence-corrected chi connectivity index (χ2v) is 1.34. The fraction of sp³-hybridized carbons (Fsp3) is 0. The zero-order chi connectivity index (χ0) is 4.50. The van der Waals surface area contributed by atoms with Crippen molar-refractivity contribution in [3.8, 4) is 0 Å². The van der Waals surface area contributed by atoms with Crippen LogP contribution >= 0.6 is 0 Å². The van der Waals surface area contributed by atoms with Crippen molar-refractivity contribution in [3.05, 3.63) is 0 Å². The molecule has 18 heteroatoms. The minimum absolute atomic E-state index is 0. The molecule has 0 aromatic carbocycles. The molecule has 134 valence electrons. The van der Waals surface area contributed by atoms with Crippen LogP contribution in [0.1, 0.15) is 0 Å². The SMILES string of the molecule is O.O.O.O.O.O.O.O.O.O.O.O.O=S(=O)(O)O.[Cr]. The molecule has 0 unspecified atom stereocenters. The monoisotopic (exact) mass is 366 g/mol. The summed E-state index contributed by atoms with van der Waals surface area (Å²) in [6.07, 6.45) is 0. The molecule has 18 heavy (non-hydrogen) atoms. The first-order valence-corrected chi connectivity index (χ1v) is 2.10. The van der Waals surface area contributed by atoms with Gasteiger partial charge in [-0.05, 0) is 0 Å². The molecule has 0 radical (unpaired) electrons. The third kappa shape index (κ3) is 590000. The second kappa shape index (κ2) is 122. The van der Waals surface area contributed by atoms with Gasteiger partial charge in [-0.25, -0.2) is 0 Å². The van der Waals surface area contributed by atoms with Gasteiger partial charge in [-0.3, -0.25) is 9.11 Å². The minimum Gasteiger partial charge on any atom is -0.412 e. The Hall–Kier alpha value is -0.0775. The summed E-state index contributed by atoms with van der Waals surface area (Å²) in [5, 5.41) is 0. The molecule has 0 spiro atoms. The van der Waals surface area contributed by atoms with Gasteiger partial charge >= 0.3 is 10.4 Å². The third-order valence-electron chi connectivity index (χ3n) is 0. The maximum Gasteiger partial charge on any atom is 0.394 e. The summed E-state index contributed by atoms with van der Waals surface area (Å²) < 4.78 is 31.6. The molecular weight excluding hydrogens is 340 g/mol. The molecule has 0 amide bonds. The van der Waals surface area contributed by atoms with E-state index < -0.39 is 10.4 Å². The average molecular weight is 366 g/mol. The van der Waals surface area contributed by atoms with E-state index in [2.05, 4.69) is 0 Å². The summed E-state index contributed by atoms with van der Waals surface area (Å²) >= 11 is 0. The molecule has 16 nitrogen and oxygen atoms in total. The first kappa shape index (κ1) is 334. The van der Waals surface area contributed by atoms with Crippen LogP contribution in [-0.4, -0.2) is 83.2 Å². The van der Waals surface area contributed by atoms with Crippen LogP contribution in [0, 0.1) is 0 Å². The average Bonchev–Trinajstić information content (AvgIpc) is 0.722. The maximum atomic E-state index is 8.74. The van der Waals surface area contributed by atoms with E-state index in [9.17, 15) is 0 Å². The van der Waals surface area contributed by atoms with Crippen LogP contribution in [0.2, 0.25) is 0 Å². The van der Waals surface area contributed by atoms with E-state index in [0.717, 1.165) is 0 Å². The predicted molar refractivity (Wildman–Crippen MR) is 57.5 cm³/mol. The Morgan fingerprint density at radius 1 is 0.444 bits per heavy atom. The van der Waals surface area contributed by atoms with Gasteiger partial charge in [0, 0.05) is 17.4 Å². The normalized spacial score (nSPS) is 3.22. The third-order valence-corrected chi connectivity index (χ3v) is 0. The molecular formula is H26CrO16S. The molecule has 0 saturated heterocycles. The van der Waals surface area contributed by atoms with Crippen molar-refractivity contribution in [2.75, 3.05) is 0 Å². The van der Waals surface area contributed by atoms with Gasteiger partial charge in [0.25, 0.3) is 0 Å². The maximum absolute atomic E-state index is 8.74. The minimum atomic E-state index is -4.67. The molecule has 0 aromatic heterocycles. The van der Waals surface area contributed by atoms with Gasteiger partial charge in [0.2, 0.25) is 0 Å². The molecule has 26 N–H and O–H groups in total. The summed E-state index contributed by atoms with van der Waals surface area (Å²) in [4.78, 5) is 0. The van der Waals surface area contributed by atoms with Crippen molar-refractivity contribution in [3.63, 3.8) is 0 Å². The Balaban J connectivity index is -0.00000000103. The van der Waals surface area contributed by atoms with Gasteiger partial charge in [0.05, 0.1) is 0 Å². The molecule has 0 bridgehead atoms. The van der Waals surface area contributed by atoms with E-state index in [1.54, 1.807) is 0 Å². The van der Waals surface area contributed by atoms with Gasteiger partial charge in [-0.1, -0.05) is 0 Å². The zero-order valence-electron chi connectivity index (χ0n) is 8.53. The molecule has 0 fully saturated rings. The fourth-order valence-corrected chi connectivity index (χ4v) is 0. The molecule has 0 aliphatic carbocycles. The van der Waals surface area contributed by atoms with Crippen molar-refractivity contribution in [2.24, 2.45) is 0 Å². The van der Waals surface area contributed by atoms with Crippen molar-refractivity contribution in [1.29, 1.82) is 0 Å². The van der Waals surface area contributed by atoms with Crippen LogP contribution in [0.25, 0.3) is 0 Å². The number of rotatable bonds is 0. The van der Waals surface area contributed by atoms with Crippen molar-refractivity contribution < 1.29 is 101 Å². The van der Waals surface area contributed by atoms with Crippen LogP contribution < -0.4 is 0 Å². The van der Waals surface area contributed by atoms with E-state index in [1.165, 1.54) is 0 Å². The van der Waals surface area contributed by atoms with Gasteiger partial charge in [0.15, 0.2) is 0 Å². The molecule has 0 aliphatic rings. The van der Waals surface area contributed by atoms with Gasteiger partial charge in [-0.2, -0.15) is 8.42 Å². The van der Waals surface area contributed by atoms with Crippen LogP contribution in [0.3, 0.4) is 0 Å². The molecule has 0 heterocycles. The molecule has 0 saturated carbocycles. The van der Waals surface area contributed by atoms with Crippen molar-refractivity contribution >= 4 is 10.4 Å². The summed E-state index contributed by atoms with van der Waals surface area (Å²) in [6.45, 7) is 0. The topological polar surface area (TPSA) is 453 Å².